The van der Waals surface area contributed by atoms with E-state index in [1.54, 1.807) is 6.33 Å². The van der Waals surface area contributed by atoms with Crippen molar-refractivity contribution in [1.82, 2.24) is 14.3 Å². The molecule has 0 amide bonds. The minimum Gasteiger partial charge on any atom is -0.241 e. The second-order valence-corrected chi connectivity index (χ2v) is 3.00. The van der Waals surface area contributed by atoms with Gasteiger partial charge in [-0.1, -0.05) is 6.92 Å². The topological polar surface area (TPSA) is 38.7 Å². The van der Waals surface area contributed by atoms with E-state index in [2.05, 4.69) is 21.3 Å². The molecule has 3 nitrogen and oxygen atoms in total. The van der Waals surface area contributed by atoms with Crippen LogP contribution in [0.1, 0.15) is 12.6 Å². The highest BCUT2D eigenvalue weighted by molar-refractivity contribution is 7.12. The molecule has 4 heteroatoms. The molecule has 0 fully saturated rings. The SMILES string of the molecule is CCc1ncnc2sncc12. The van der Waals surface area contributed by atoms with Crippen molar-refractivity contribution in [3.05, 3.63) is 18.2 Å². The van der Waals surface area contributed by atoms with Crippen molar-refractivity contribution in [2.45, 2.75) is 13.3 Å². The van der Waals surface area contributed by atoms with E-state index < -0.39 is 0 Å². The molecule has 0 aliphatic rings. The molecule has 0 bridgehead atoms. The molecule has 2 rings (SSSR count). The molecule has 0 aliphatic heterocycles. The van der Waals surface area contributed by atoms with E-state index in [-0.39, 0.29) is 0 Å². The lowest BCUT2D eigenvalue weighted by atomic mass is 10.2. The van der Waals surface area contributed by atoms with Gasteiger partial charge < -0.3 is 0 Å². The summed E-state index contributed by atoms with van der Waals surface area (Å²) in [6.45, 7) is 2.08. The van der Waals surface area contributed by atoms with Crippen molar-refractivity contribution < 1.29 is 0 Å². The first kappa shape index (κ1) is 6.67. The van der Waals surface area contributed by atoms with Crippen LogP contribution in [0.2, 0.25) is 0 Å². The largest absolute Gasteiger partial charge is 0.241 e. The molecule has 0 unspecified atom stereocenters. The second-order valence-electron chi connectivity index (χ2n) is 2.22. The van der Waals surface area contributed by atoms with Crippen molar-refractivity contribution in [1.29, 1.82) is 0 Å². The van der Waals surface area contributed by atoms with Crippen molar-refractivity contribution >= 4 is 21.7 Å². The standard InChI is InChI=1S/C7H7N3S/c1-2-6-5-3-10-11-7(5)9-4-8-6/h3-4H,2H2,1H3. The predicted octanol–water partition coefficient (Wildman–Crippen LogP) is 1.65. The number of rotatable bonds is 1. The Bertz CT molecular complexity index is 368. The fourth-order valence-corrected chi connectivity index (χ4v) is 1.65. The molecule has 0 aromatic carbocycles. The van der Waals surface area contributed by atoms with Crippen LogP contribution < -0.4 is 0 Å². The Hall–Kier alpha value is -1.03. The van der Waals surface area contributed by atoms with Gasteiger partial charge in [0.05, 0.1) is 17.3 Å². The second kappa shape index (κ2) is 2.54. The van der Waals surface area contributed by atoms with Crippen molar-refractivity contribution in [3.63, 3.8) is 0 Å². The molecule has 0 radical (unpaired) electrons. The minimum atomic E-state index is 0.942. The van der Waals surface area contributed by atoms with Crippen molar-refractivity contribution in [2.75, 3.05) is 0 Å². The average molecular weight is 165 g/mol. The van der Waals surface area contributed by atoms with Gasteiger partial charge in [0.15, 0.2) is 0 Å². The maximum Gasteiger partial charge on any atom is 0.147 e. The van der Waals surface area contributed by atoms with Crippen LogP contribution in [0.5, 0.6) is 0 Å². The molecule has 0 atom stereocenters. The van der Waals surface area contributed by atoms with E-state index in [0.717, 1.165) is 22.3 Å². The van der Waals surface area contributed by atoms with Crippen LogP contribution in [0.3, 0.4) is 0 Å². The number of fused-ring (bicyclic) bond motifs is 1. The first-order valence-corrected chi connectivity index (χ1v) is 4.23. The van der Waals surface area contributed by atoms with Gasteiger partial charge in [0.25, 0.3) is 0 Å². The fourth-order valence-electron chi connectivity index (χ4n) is 1.03. The van der Waals surface area contributed by atoms with Gasteiger partial charge in [0, 0.05) is 0 Å². The molecule has 0 saturated heterocycles. The summed E-state index contributed by atoms with van der Waals surface area (Å²) in [6.07, 6.45) is 4.37. The zero-order valence-electron chi connectivity index (χ0n) is 6.11. The van der Waals surface area contributed by atoms with Crippen LogP contribution >= 0.6 is 11.5 Å². The third kappa shape index (κ3) is 0.991. The Morgan fingerprint density at radius 1 is 1.45 bits per heavy atom. The summed E-state index contributed by atoms with van der Waals surface area (Å²) in [5.74, 6) is 0. The predicted molar refractivity (Wildman–Crippen MR) is 44.6 cm³/mol. The van der Waals surface area contributed by atoms with Gasteiger partial charge in [0.1, 0.15) is 11.2 Å². The van der Waals surface area contributed by atoms with Crippen molar-refractivity contribution in [3.8, 4) is 0 Å². The Morgan fingerprint density at radius 3 is 3.18 bits per heavy atom. The normalized spacial score (nSPS) is 10.6. The fraction of sp³-hybridized carbons (Fsp3) is 0.286. The van der Waals surface area contributed by atoms with Crippen LogP contribution in [-0.4, -0.2) is 14.3 Å². The van der Waals surface area contributed by atoms with Crippen LogP contribution in [-0.2, 0) is 6.42 Å². The molecule has 0 saturated carbocycles. The highest BCUT2D eigenvalue weighted by Crippen LogP contribution is 2.17. The van der Waals surface area contributed by atoms with Crippen LogP contribution in [0.15, 0.2) is 12.5 Å². The van der Waals surface area contributed by atoms with Gasteiger partial charge >= 0.3 is 0 Å². The Morgan fingerprint density at radius 2 is 2.36 bits per heavy atom. The zero-order valence-corrected chi connectivity index (χ0v) is 6.93. The van der Waals surface area contributed by atoms with E-state index in [9.17, 15) is 0 Å². The van der Waals surface area contributed by atoms with Gasteiger partial charge in [0.2, 0.25) is 0 Å². The molecular formula is C7H7N3S. The summed E-state index contributed by atoms with van der Waals surface area (Å²) in [7, 11) is 0. The minimum absolute atomic E-state index is 0.942. The number of aryl methyl sites for hydroxylation is 1. The van der Waals surface area contributed by atoms with Gasteiger partial charge in [-0.2, -0.15) is 4.37 Å². The van der Waals surface area contributed by atoms with Gasteiger partial charge in [-0.3, -0.25) is 0 Å². The third-order valence-electron chi connectivity index (χ3n) is 1.59. The lowest BCUT2D eigenvalue weighted by Gasteiger charge is -1.93. The number of aromatic nitrogens is 3. The Labute approximate surface area is 68.3 Å². The maximum absolute atomic E-state index is 4.15. The van der Waals surface area contributed by atoms with Crippen LogP contribution in [0, 0.1) is 0 Å². The highest BCUT2D eigenvalue weighted by Gasteiger charge is 2.01. The highest BCUT2D eigenvalue weighted by atomic mass is 32.1. The van der Waals surface area contributed by atoms with Gasteiger partial charge in [-0.05, 0) is 18.0 Å². The summed E-state index contributed by atoms with van der Waals surface area (Å²) in [4.78, 5) is 9.23. The molecule has 0 spiro atoms. The van der Waals surface area contributed by atoms with E-state index in [1.807, 2.05) is 6.20 Å². The summed E-state index contributed by atoms with van der Waals surface area (Å²) in [5, 5.41) is 1.10. The van der Waals surface area contributed by atoms with E-state index in [1.165, 1.54) is 11.5 Å². The van der Waals surface area contributed by atoms with Gasteiger partial charge in [-0.25, -0.2) is 9.97 Å². The smallest absolute Gasteiger partial charge is 0.147 e. The third-order valence-corrected chi connectivity index (χ3v) is 2.29. The molecule has 0 aliphatic carbocycles. The summed E-state index contributed by atoms with van der Waals surface area (Å²) in [5.41, 5.74) is 1.09. The van der Waals surface area contributed by atoms with Gasteiger partial charge in [-0.15, -0.1) is 0 Å². The van der Waals surface area contributed by atoms with E-state index >= 15 is 0 Å². The maximum atomic E-state index is 4.15. The molecule has 11 heavy (non-hydrogen) atoms. The summed E-state index contributed by atoms with van der Waals surface area (Å²) >= 11 is 1.42. The average Bonchev–Trinajstić information content (AvgIpc) is 2.50. The lowest BCUT2D eigenvalue weighted by Crippen LogP contribution is -1.87. The monoisotopic (exact) mass is 165 g/mol. The van der Waals surface area contributed by atoms with Crippen LogP contribution in [0.4, 0.5) is 0 Å². The first-order valence-electron chi connectivity index (χ1n) is 3.46. The van der Waals surface area contributed by atoms with E-state index in [0.29, 0.717) is 0 Å². The molecular weight excluding hydrogens is 158 g/mol. The Balaban J connectivity index is 2.79. The summed E-state index contributed by atoms with van der Waals surface area (Å²) in [6, 6.07) is 0. The Kier molecular flexibility index (Phi) is 1.54. The molecule has 0 N–H and O–H groups in total. The quantitative estimate of drug-likeness (QED) is 0.645. The number of hydrogen-bond donors (Lipinski definition) is 0. The molecule has 2 aromatic rings. The lowest BCUT2D eigenvalue weighted by molar-refractivity contribution is 1.03. The summed E-state index contributed by atoms with van der Waals surface area (Å²) < 4.78 is 4.05. The van der Waals surface area contributed by atoms with Crippen molar-refractivity contribution in [2.24, 2.45) is 0 Å². The van der Waals surface area contributed by atoms with Crippen LogP contribution in [0.25, 0.3) is 10.2 Å². The number of nitrogens with zero attached hydrogens (tertiary/aromatic N) is 3. The zero-order chi connectivity index (χ0) is 7.68. The van der Waals surface area contributed by atoms with E-state index in [4.69, 9.17) is 0 Å². The first-order chi connectivity index (χ1) is 5.42. The molecule has 56 valence electrons. The molecule has 2 heterocycles. The molecule has 2 aromatic heterocycles. The number of hydrogen-bond acceptors (Lipinski definition) is 4.